The minimum absolute atomic E-state index is 0.0337. The Hall–Kier alpha value is -1.89. The largest absolute Gasteiger partial charge is 0.330 e. The van der Waals surface area contributed by atoms with Crippen molar-refractivity contribution in [3.05, 3.63) is 40.1 Å². The molecule has 7 heteroatoms. The Balaban J connectivity index is 2.13. The minimum atomic E-state index is -2.55. The SMILES string of the molecule is O=[N+]([O-])c1ccc2c(c1)cc(C1CCCCC1)n2C[SH](=O)=O. The average molecular weight is 322 g/mol. The summed E-state index contributed by atoms with van der Waals surface area (Å²) in [7, 11) is -2.55. The van der Waals surface area contributed by atoms with Crippen molar-refractivity contribution in [3.63, 3.8) is 0 Å². The van der Waals surface area contributed by atoms with Crippen LogP contribution in [-0.4, -0.2) is 17.9 Å². The first kappa shape index (κ1) is 15.0. The van der Waals surface area contributed by atoms with Crippen molar-refractivity contribution in [2.45, 2.75) is 43.9 Å². The van der Waals surface area contributed by atoms with Gasteiger partial charge in [-0.2, -0.15) is 0 Å². The molecule has 1 aromatic carbocycles. The Morgan fingerprint density at radius 3 is 2.55 bits per heavy atom. The third kappa shape index (κ3) is 2.85. The molecule has 3 rings (SSSR count). The Morgan fingerprint density at radius 2 is 1.91 bits per heavy atom. The Kier molecular flexibility index (Phi) is 4.15. The van der Waals surface area contributed by atoms with E-state index in [2.05, 4.69) is 0 Å². The van der Waals surface area contributed by atoms with Gasteiger partial charge in [-0.05, 0) is 30.9 Å². The van der Waals surface area contributed by atoms with Crippen molar-refractivity contribution < 1.29 is 13.3 Å². The number of hydrogen-bond acceptors (Lipinski definition) is 4. The van der Waals surface area contributed by atoms with Crippen LogP contribution in [0.5, 0.6) is 0 Å². The smallest absolute Gasteiger partial charge is 0.270 e. The maximum atomic E-state index is 11.2. The van der Waals surface area contributed by atoms with Gasteiger partial charge >= 0.3 is 0 Å². The normalized spacial score (nSPS) is 16.4. The molecule has 0 amide bonds. The van der Waals surface area contributed by atoms with Gasteiger partial charge in [0.1, 0.15) is 5.88 Å². The molecule has 0 aliphatic heterocycles. The molecule has 22 heavy (non-hydrogen) atoms. The summed E-state index contributed by atoms with van der Waals surface area (Å²) in [5, 5.41) is 11.7. The van der Waals surface area contributed by atoms with Gasteiger partial charge in [-0.25, -0.2) is 8.42 Å². The van der Waals surface area contributed by atoms with E-state index >= 15 is 0 Å². The summed E-state index contributed by atoms with van der Waals surface area (Å²) in [6.07, 6.45) is 5.62. The number of benzene rings is 1. The second kappa shape index (κ2) is 6.08. The number of nitro groups is 1. The van der Waals surface area contributed by atoms with Crippen LogP contribution in [0.4, 0.5) is 5.69 Å². The van der Waals surface area contributed by atoms with Crippen LogP contribution < -0.4 is 0 Å². The zero-order valence-corrected chi connectivity index (χ0v) is 13.0. The Morgan fingerprint density at radius 1 is 1.18 bits per heavy atom. The van der Waals surface area contributed by atoms with Crippen molar-refractivity contribution >= 4 is 27.3 Å². The highest BCUT2D eigenvalue weighted by atomic mass is 32.2. The second-order valence-electron chi connectivity index (χ2n) is 5.81. The fourth-order valence-corrected chi connectivity index (χ4v) is 3.95. The van der Waals surface area contributed by atoms with Gasteiger partial charge in [0.05, 0.1) is 4.92 Å². The van der Waals surface area contributed by atoms with E-state index in [0.717, 1.165) is 42.3 Å². The van der Waals surface area contributed by atoms with Crippen LogP contribution in [0.2, 0.25) is 0 Å². The summed E-state index contributed by atoms with van der Waals surface area (Å²) in [5.74, 6) is 0.276. The van der Waals surface area contributed by atoms with E-state index in [1.807, 2.05) is 6.07 Å². The summed E-state index contributed by atoms with van der Waals surface area (Å²) in [4.78, 5) is 10.5. The number of thiol groups is 1. The van der Waals surface area contributed by atoms with Crippen LogP contribution in [0.25, 0.3) is 10.9 Å². The fourth-order valence-electron chi connectivity index (χ4n) is 3.40. The van der Waals surface area contributed by atoms with Crippen LogP contribution in [-0.2, 0) is 16.6 Å². The lowest BCUT2D eigenvalue weighted by Gasteiger charge is -2.23. The number of rotatable bonds is 4. The molecule has 0 N–H and O–H groups in total. The minimum Gasteiger partial charge on any atom is -0.330 e. The standard InChI is InChI=1S/C15H18N2O4S/c18-17(19)13-6-7-14-12(8-13)9-15(16(14)10-22(20)21)11-4-2-1-3-5-11/h6-9,11,22H,1-5,10H2. The highest BCUT2D eigenvalue weighted by Crippen LogP contribution is 2.36. The quantitative estimate of drug-likeness (QED) is 0.532. The molecule has 1 aromatic heterocycles. The molecule has 0 atom stereocenters. The summed E-state index contributed by atoms with van der Waals surface area (Å²) in [6, 6.07) is 6.53. The predicted molar refractivity (Wildman–Crippen MR) is 84.7 cm³/mol. The highest BCUT2D eigenvalue weighted by Gasteiger charge is 2.22. The van der Waals surface area contributed by atoms with Gasteiger partial charge in [-0.3, -0.25) is 10.1 Å². The van der Waals surface area contributed by atoms with E-state index in [-0.39, 0.29) is 11.6 Å². The lowest BCUT2D eigenvalue weighted by atomic mass is 9.87. The van der Waals surface area contributed by atoms with E-state index in [4.69, 9.17) is 0 Å². The maximum Gasteiger partial charge on any atom is 0.270 e. The summed E-state index contributed by atoms with van der Waals surface area (Å²) in [6.45, 7) is 0. The molecule has 0 unspecified atom stereocenters. The van der Waals surface area contributed by atoms with E-state index < -0.39 is 15.6 Å². The monoisotopic (exact) mass is 322 g/mol. The molecular weight excluding hydrogens is 304 g/mol. The van der Waals surface area contributed by atoms with Gasteiger partial charge < -0.3 is 4.57 Å². The van der Waals surface area contributed by atoms with Gasteiger partial charge in [-0.1, -0.05) is 19.3 Å². The molecule has 0 bridgehead atoms. The number of nitro benzene ring substituents is 1. The summed E-state index contributed by atoms with van der Waals surface area (Å²) >= 11 is 0. The molecule has 2 aromatic rings. The molecule has 6 nitrogen and oxygen atoms in total. The molecule has 1 fully saturated rings. The lowest BCUT2D eigenvalue weighted by molar-refractivity contribution is -0.384. The van der Waals surface area contributed by atoms with Crippen molar-refractivity contribution in [2.24, 2.45) is 0 Å². The zero-order valence-electron chi connectivity index (χ0n) is 12.1. The third-order valence-corrected chi connectivity index (χ3v) is 4.92. The molecule has 0 saturated heterocycles. The molecule has 118 valence electrons. The Labute approximate surface area is 129 Å². The number of aromatic nitrogens is 1. The number of non-ortho nitro benzene ring substituents is 1. The topological polar surface area (TPSA) is 82.2 Å². The van der Waals surface area contributed by atoms with Gasteiger partial charge in [0, 0.05) is 28.7 Å². The summed E-state index contributed by atoms with van der Waals surface area (Å²) < 4.78 is 24.3. The first-order valence-electron chi connectivity index (χ1n) is 7.45. The van der Waals surface area contributed by atoms with Crippen molar-refractivity contribution in [2.75, 3.05) is 0 Å². The summed E-state index contributed by atoms with van der Waals surface area (Å²) in [5.41, 5.74) is 1.78. The highest BCUT2D eigenvalue weighted by molar-refractivity contribution is 7.71. The number of nitrogens with zero attached hydrogens (tertiary/aromatic N) is 2. The fraction of sp³-hybridized carbons (Fsp3) is 0.467. The zero-order chi connectivity index (χ0) is 15.7. The van der Waals surface area contributed by atoms with Gasteiger partial charge in [0.15, 0.2) is 10.7 Å². The van der Waals surface area contributed by atoms with Crippen molar-refractivity contribution in [3.8, 4) is 0 Å². The molecule has 0 radical (unpaired) electrons. The second-order valence-corrected chi connectivity index (χ2v) is 6.75. The average Bonchev–Trinajstić information content (AvgIpc) is 2.85. The number of fused-ring (bicyclic) bond motifs is 1. The molecule has 1 aliphatic rings. The molecule has 0 spiro atoms. The third-order valence-electron chi connectivity index (χ3n) is 4.41. The maximum absolute atomic E-state index is 11.2. The van der Waals surface area contributed by atoms with Crippen LogP contribution in [0.1, 0.15) is 43.7 Å². The molecule has 1 aliphatic carbocycles. The van der Waals surface area contributed by atoms with Gasteiger partial charge in [0.2, 0.25) is 0 Å². The van der Waals surface area contributed by atoms with Crippen LogP contribution in [0.3, 0.4) is 0 Å². The predicted octanol–water partition coefficient (Wildman–Crippen LogP) is 3.17. The van der Waals surface area contributed by atoms with Gasteiger partial charge in [0.25, 0.3) is 5.69 Å². The van der Waals surface area contributed by atoms with Crippen LogP contribution in [0, 0.1) is 10.1 Å². The Bertz CT molecular complexity index is 780. The lowest BCUT2D eigenvalue weighted by Crippen LogP contribution is -2.11. The van der Waals surface area contributed by atoms with E-state index in [1.54, 1.807) is 10.6 Å². The van der Waals surface area contributed by atoms with Gasteiger partial charge in [-0.15, -0.1) is 0 Å². The van der Waals surface area contributed by atoms with E-state index in [1.165, 1.54) is 18.6 Å². The van der Waals surface area contributed by atoms with Crippen molar-refractivity contribution in [1.82, 2.24) is 4.57 Å². The van der Waals surface area contributed by atoms with Crippen molar-refractivity contribution in [1.29, 1.82) is 0 Å². The first-order valence-corrected chi connectivity index (χ1v) is 8.82. The molecule has 1 heterocycles. The first-order chi connectivity index (χ1) is 10.6. The van der Waals surface area contributed by atoms with E-state index in [9.17, 15) is 18.5 Å². The molecular formula is C15H18N2O4S. The van der Waals surface area contributed by atoms with Crippen LogP contribution in [0.15, 0.2) is 24.3 Å². The van der Waals surface area contributed by atoms with Crippen LogP contribution >= 0.6 is 0 Å². The number of hydrogen-bond donors (Lipinski definition) is 1. The molecule has 1 saturated carbocycles. The van der Waals surface area contributed by atoms with E-state index in [0.29, 0.717) is 5.92 Å².